The van der Waals surface area contributed by atoms with Crippen molar-refractivity contribution in [3.05, 3.63) is 49.2 Å². The number of hydrogen-bond donors (Lipinski definition) is 0. The first kappa shape index (κ1) is 52.8. The summed E-state index contributed by atoms with van der Waals surface area (Å²) in [6.07, 6.45) is 34.9. The Balaban J connectivity index is -0.000000347. The topological polar surface area (TPSA) is 80.3 Å². The van der Waals surface area contributed by atoms with Gasteiger partial charge in [0.1, 0.15) is 0 Å². The van der Waals surface area contributed by atoms with Crippen molar-refractivity contribution < 1.29 is 19.8 Å². The van der Waals surface area contributed by atoms with Gasteiger partial charge in [-0.25, -0.2) is 0 Å². The molecular formula is C42H76O4Sn. The van der Waals surface area contributed by atoms with Gasteiger partial charge in [-0.05, 0) is 42.9 Å². The van der Waals surface area contributed by atoms with Crippen LogP contribution in [0.15, 0.2) is 24.3 Å². The van der Waals surface area contributed by atoms with Crippen LogP contribution in [0.25, 0.3) is 0 Å². The molecule has 0 spiro atoms. The van der Waals surface area contributed by atoms with Gasteiger partial charge in [0, 0.05) is 5.97 Å². The van der Waals surface area contributed by atoms with E-state index in [0.717, 1.165) is 50.5 Å². The van der Waals surface area contributed by atoms with Crippen molar-refractivity contribution in [1.29, 1.82) is 0 Å². The van der Waals surface area contributed by atoms with Crippen LogP contribution in [0.5, 0.6) is 0 Å². The van der Waals surface area contributed by atoms with Crippen LogP contribution >= 0.6 is 0 Å². The van der Waals surface area contributed by atoms with Crippen LogP contribution < -0.4 is 10.2 Å². The second-order valence-corrected chi connectivity index (χ2v) is 12.6. The van der Waals surface area contributed by atoms with Gasteiger partial charge in [-0.1, -0.05) is 214 Å². The first-order valence-corrected chi connectivity index (χ1v) is 19.4. The number of carbonyl (C=O) groups is 2. The molecule has 0 atom stereocenters. The minimum Gasteiger partial charge on any atom is -0.550 e. The Hall–Kier alpha value is -1.04. The van der Waals surface area contributed by atoms with Crippen molar-refractivity contribution in [2.45, 2.75) is 207 Å². The number of carbonyl (C=O) groups excluding carboxylic acids is 2. The molecule has 4 nitrogen and oxygen atoms in total. The van der Waals surface area contributed by atoms with E-state index in [4.69, 9.17) is 0 Å². The molecule has 5 heteroatoms. The first-order valence-electron chi connectivity index (χ1n) is 19.4. The van der Waals surface area contributed by atoms with E-state index in [-0.39, 0.29) is 35.9 Å². The van der Waals surface area contributed by atoms with Gasteiger partial charge in [-0.2, -0.15) is 0 Å². The fourth-order valence-corrected chi connectivity index (χ4v) is 4.76. The van der Waals surface area contributed by atoms with Crippen LogP contribution in [0, 0.1) is 13.8 Å². The smallest absolute Gasteiger partial charge is 0.550 e. The fourth-order valence-electron chi connectivity index (χ4n) is 4.76. The van der Waals surface area contributed by atoms with E-state index in [1.165, 1.54) is 128 Å². The third-order valence-electron chi connectivity index (χ3n) is 7.92. The van der Waals surface area contributed by atoms with Crippen molar-refractivity contribution in [3.63, 3.8) is 0 Å². The maximum absolute atomic E-state index is 10.5. The number of benzene rings is 1. The molecule has 0 aromatic heterocycles. The molecule has 0 bridgehead atoms. The summed E-state index contributed by atoms with van der Waals surface area (Å²) in [6, 6.07) is 6.95. The predicted octanol–water partition coefficient (Wildman–Crippen LogP) is 11.2. The van der Waals surface area contributed by atoms with E-state index in [0.29, 0.717) is 0 Å². The Kier molecular flexibility index (Phi) is 52.9. The molecule has 0 saturated heterocycles. The molecule has 0 unspecified atom stereocenters. The fraction of sp³-hybridized carbons (Fsp3) is 0.762. The van der Waals surface area contributed by atoms with Crippen LogP contribution in [0.2, 0.25) is 0 Å². The molecule has 0 heterocycles. The number of aryl methyl sites for hydroxylation is 1. The zero-order chi connectivity index (χ0) is 34.9. The van der Waals surface area contributed by atoms with E-state index in [1.807, 2.05) is 6.07 Å². The van der Waals surface area contributed by atoms with Crippen molar-refractivity contribution >= 4 is 35.8 Å². The minimum absolute atomic E-state index is 0. The average molecular weight is 764 g/mol. The molecule has 272 valence electrons. The number of aromatic carboxylic acids is 1. The quantitative estimate of drug-likeness (QED) is 0.0660. The van der Waals surface area contributed by atoms with Gasteiger partial charge < -0.3 is 19.8 Å². The Morgan fingerprint density at radius 2 is 0.872 bits per heavy atom. The maximum atomic E-state index is 10.5. The van der Waals surface area contributed by atoms with Gasteiger partial charge in [-0.15, -0.1) is 0 Å². The number of rotatable bonds is 27. The van der Waals surface area contributed by atoms with E-state index >= 15 is 0 Å². The molecule has 0 N–H and O–H groups in total. The third-order valence-corrected chi connectivity index (χ3v) is 7.92. The van der Waals surface area contributed by atoms with Crippen LogP contribution in [-0.2, 0) is 11.2 Å². The number of hydrogen-bond acceptors (Lipinski definition) is 4. The molecule has 47 heavy (non-hydrogen) atoms. The second kappa shape index (κ2) is 47.1. The van der Waals surface area contributed by atoms with Crippen LogP contribution in [0.1, 0.15) is 217 Å². The Morgan fingerprint density at radius 3 is 1.17 bits per heavy atom. The van der Waals surface area contributed by atoms with Crippen molar-refractivity contribution in [2.24, 2.45) is 0 Å². The molecule has 1 rings (SSSR count). The third kappa shape index (κ3) is 49.5. The summed E-state index contributed by atoms with van der Waals surface area (Å²) in [5, 5.41) is 20.8. The van der Waals surface area contributed by atoms with Crippen molar-refractivity contribution in [2.75, 3.05) is 0 Å². The zero-order valence-electron chi connectivity index (χ0n) is 31.7. The van der Waals surface area contributed by atoms with Gasteiger partial charge in [0.15, 0.2) is 0 Å². The molecule has 0 aliphatic heterocycles. The maximum Gasteiger partial charge on any atom is 2.00 e. The standard InChI is InChI=1S/C23H46O2.C11H14O2.2C4H9.Sn/c1-2-3-4-5-6-7-8-9-10-11-12-13-14-15-16-17-18-19-20-21-22-23(24)25;1-2-3-5-9-6-4-7-10(8-9)11(12)13;2*1-3-4-2;/h2-22H2,1H3,(H,24,25);4,6-8H,2-3,5H2,1H3,(H,12,13);2*1,3-4H2,2H3;/q;;;;+2/p-2. The zero-order valence-corrected chi connectivity index (χ0v) is 34.5. The van der Waals surface area contributed by atoms with Crippen molar-refractivity contribution in [1.82, 2.24) is 0 Å². The van der Waals surface area contributed by atoms with E-state index in [2.05, 4.69) is 41.5 Å². The summed E-state index contributed by atoms with van der Waals surface area (Å²) in [6.45, 7) is 15.8. The Labute approximate surface area is 311 Å². The molecule has 0 fully saturated rings. The van der Waals surface area contributed by atoms with Gasteiger partial charge in [0.05, 0.1) is 5.97 Å². The van der Waals surface area contributed by atoms with E-state index in [9.17, 15) is 19.8 Å². The van der Waals surface area contributed by atoms with Gasteiger partial charge in [0.2, 0.25) is 0 Å². The predicted molar refractivity (Wildman–Crippen MR) is 203 cm³/mol. The number of carboxylic acids is 2. The molecule has 0 amide bonds. The number of unbranched alkanes of at least 4 members (excludes halogenated alkanes) is 22. The molecular weight excluding hydrogens is 687 g/mol. The normalized spacial score (nSPS) is 9.91. The molecule has 1 aromatic carbocycles. The molecule has 0 aliphatic carbocycles. The number of aliphatic carboxylic acids is 1. The minimum atomic E-state index is -1.10. The van der Waals surface area contributed by atoms with Crippen molar-refractivity contribution in [3.8, 4) is 0 Å². The van der Waals surface area contributed by atoms with Crippen LogP contribution in [-0.4, -0.2) is 35.8 Å². The second-order valence-electron chi connectivity index (χ2n) is 12.6. The average Bonchev–Trinajstić information content (AvgIpc) is 3.07. The van der Waals surface area contributed by atoms with Crippen LogP contribution in [0.4, 0.5) is 0 Å². The summed E-state index contributed by atoms with van der Waals surface area (Å²) >= 11 is 0. The Morgan fingerprint density at radius 1 is 0.532 bits per heavy atom. The Bertz CT molecular complexity index is 729. The SMILES string of the molecule is CCCCCCCCCCCCCCCCCCCCCCC(=O)[O-].CCCCc1cccc(C(=O)[O-])c1.[CH2]CCC.[CH2]CCC.[Sn+2]. The van der Waals surface area contributed by atoms with Gasteiger partial charge in [0.25, 0.3) is 0 Å². The van der Waals surface area contributed by atoms with Gasteiger partial charge in [-0.3, -0.25) is 0 Å². The molecule has 0 saturated carbocycles. The first-order chi connectivity index (χ1) is 22.3. The number of carboxylic acid groups (broad SMARTS) is 2. The largest absolute Gasteiger partial charge is 2.00 e. The summed E-state index contributed by atoms with van der Waals surface area (Å²) in [5.41, 5.74) is 1.34. The molecule has 4 radical (unpaired) electrons. The summed E-state index contributed by atoms with van der Waals surface area (Å²) in [5.74, 6) is -2.00. The summed E-state index contributed by atoms with van der Waals surface area (Å²) in [4.78, 5) is 20.8. The van der Waals surface area contributed by atoms with E-state index in [1.54, 1.807) is 18.2 Å². The van der Waals surface area contributed by atoms with Gasteiger partial charge >= 0.3 is 23.9 Å². The summed E-state index contributed by atoms with van der Waals surface area (Å²) in [7, 11) is 0. The summed E-state index contributed by atoms with van der Waals surface area (Å²) < 4.78 is 0. The van der Waals surface area contributed by atoms with Crippen LogP contribution in [0.3, 0.4) is 0 Å². The molecule has 0 aliphatic rings. The monoisotopic (exact) mass is 764 g/mol. The molecule has 1 aromatic rings. The van der Waals surface area contributed by atoms with E-state index < -0.39 is 11.9 Å².